The molecule has 29 heavy (non-hydrogen) atoms. The molecule has 6 heteroatoms. The molecule has 1 heterocycles. The molecule has 1 aliphatic rings. The average Bonchev–Trinajstić information content (AvgIpc) is 3.09. The maximum absolute atomic E-state index is 12.3. The number of rotatable bonds is 5. The van der Waals surface area contributed by atoms with E-state index in [-0.39, 0.29) is 5.70 Å². The van der Waals surface area contributed by atoms with E-state index in [1.54, 1.807) is 6.08 Å². The first-order chi connectivity index (χ1) is 14.1. The number of nitrogens with zero attached hydrogens (tertiary/aromatic N) is 1. The summed E-state index contributed by atoms with van der Waals surface area (Å²) in [6, 6.07) is 22.9. The minimum atomic E-state index is -0.481. The maximum atomic E-state index is 12.3. The van der Waals surface area contributed by atoms with Crippen LogP contribution in [0.5, 0.6) is 5.75 Å². The van der Waals surface area contributed by atoms with Gasteiger partial charge in [-0.05, 0) is 54.1 Å². The summed E-state index contributed by atoms with van der Waals surface area (Å²) in [6.45, 7) is 0.422. The first kappa shape index (κ1) is 19.6. The van der Waals surface area contributed by atoms with E-state index in [1.165, 1.54) is 0 Å². The van der Waals surface area contributed by atoms with Crippen molar-refractivity contribution in [2.45, 2.75) is 6.61 Å². The van der Waals surface area contributed by atoms with Crippen molar-refractivity contribution in [3.63, 3.8) is 0 Å². The summed E-state index contributed by atoms with van der Waals surface area (Å²) in [5.41, 5.74) is 2.79. The highest BCUT2D eigenvalue weighted by molar-refractivity contribution is 9.10. The number of esters is 1. The van der Waals surface area contributed by atoms with E-state index >= 15 is 0 Å². The molecule has 0 fully saturated rings. The predicted octanol–water partition coefficient (Wildman–Crippen LogP) is 6.14. The molecule has 0 aromatic heterocycles. The second-order valence-corrected chi connectivity index (χ2v) is 8.13. The van der Waals surface area contributed by atoms with E-state index in [4.69, 9.17) is 9.47 Å². The van der Waals surface area contributed by atoms with E-state index in [0.717, 1.165) is 25.6 Å². The quantitative estimate of drug-likeness (QED) is 0.305. The van der Waals surface area contributed by atoms with Crippen LogP contribution in [0.15, 0.2) is 92.4 Å². The topological polar surface area (TPSA) is 47.9 Å². The lowest BCUT2D eigenvalue weighted by molar-refractivity contribution is -0.129. The van der Waals surface area contributed by atoms with Gasteiger partial charge in [0.25, 0.3) is 0 Å². The predicted molar refractivity (Wildman–Crippen MR) is 120 cm³/mol. The normalized spacial score (nSPS) is 14.6. The van der Waals surface area contributed by atoms with Gasteiger partial charge in [-0.3, -0.25) is 0 Å². The Kier molecular flexibility index (Phi) is 5.92. The first-order valence-corrected chi connectivity index (χ1v) is 10.4. The Morgan fingerprint density at radius 3 is 2.28 bits per heavy atom. The molecule has 3 aromatic carbocycles. The largest absolute Gasteiger partial charge is 0.488 e. The van der Waals surface area contributed by atoms with E-state index < -0.39 is 5.97 Å². The van der Waals surface area contributed by atoms with Gasteiger partial charge in [-0.15, -0.1) is 0 Å². The van der Waals surface area contributed by atoms with Crippen molar-refractivity contribution in [2.75, 3.05) is 0 Å². The Bertz CT molecular complexity index is 1100. The minimum Gasteiger partial charge on any atom is -0.488 e. The second-order valence-electron chi connectivity index (χ2n) is 6.30. The standard InChI is InChI=1S/C23H15Br2NO3/c24-18-9-5-15(6-10-18)14-28-21-4-2-1-3-17(21)13-20-23(27)29-22(26-20)16-7-11-19(25)12-8-16/h1-13H,14H2/b20-13-. The van der Waals surface area contributed by atoms with Gasteiger partial charge in [-0.2, -0.15) is 0 Å². The van der Waals surface area contributed by atoms with Gasteiger partial charge in [0.2, 0.25) is 5.90 Å². The fraction of sp³-hybridized carbons (Fsp3) is 0.0435. The molecule has 0 saturated heterocycles. The zero-order valence-corrected chi connectivity index (χ0v) is 18.3. The van der Waals surface area contributed by atoms with Crippen LogP contribution < -0.4 is 4.74 Å². The van der Waals surface area contributed by atoms with Crippen LogP contribution in [-0.4, -0.2) is 11.9 Å². The summed E-state index contributed by atoms with van der Waals surface area (Å²) in [4.78, 5) is 16.7. The molecule has 0 atom stereocenters. The molecule has 0 N–H and O–H groups in total. The number of para-hydroxylation sites is 1. The van der Waals surface area contributed by atoms with Gasteiger partial charge in [-0.1, -0.05) is 62.2 Å². The van der Waals surface area contributed by atoms with Crippen LogP contribution in [0.1, 0.15) is 16.7 Å². The number of halogens is 2. The molecule has 0 spiro atoms. The van der Waals surface area contributed by atoms with E-state index in [2.05, 4.69) is 36.9 Å². The molecular weight excluding hydrogens is 498 g/mol. The maximum Gasteiger partial charge on any atom is 0.363 e. The highest BCUT2D eigenvalue weighted by Gasteiger charge is 2.24. The van der Waals surface area contributed by atoms with Gasteiger partial charge in [0.05, 0.1) is 0 Å². The van der Waals surface area contributed by atoms with Crippen LogP contribution >= 0.6 is 31.9 Å². The van der Waals surface area contributed by atoms with Crippen molar-refractivity contribution in [2.24, 2.45) is 4.99 Å². The molecule has 0 saturated carbocycles. The van der Waals surface area contributed by atoms with Crippen molar-refractivity contribution in [1.82, 2.24) is 0 Å². The first-order valence-electron chi connectivity index (χ1n) is 8.83. The van der Waals surface area contributed by atoms with Gasteiger partial charge in [-0.25, -0.2) is 9.79 Å². The lowest BCUT2D eigenvalue weighted by Gasteiger charge is -2.09. The molecule has 144 valence electrons. The van der Waals surface area contributed by atoms with Crippen LogP contribution in [0.25, 0.3) is 6.08 Å². The Balaban J connectivity index is 1.56. The molecule has 0 amide bonds. The third-order valence-electron chi connectivity index (χ3n) is 4.23. The summed E-state index contributed by atoms with van der Waals surface area (Å²) < 4.78 is 13.3. The van der Waals surface area contributed by atoms with Gasteiger partial charge in [0, 0.05) is 20.1 Å². The van der Waals surface area contributed by atoms with Crippen LogP contribution in [-0.2, 0) is 16.1 Å². The Labute approximate surface area is 185 Å². The zero-order chi connectivity index (χ0) is 20.2. The smallest absolute Gasteiger partial charge is 0.363 e. The van der Waals surface area contributed by atoms with Crippen LogP contribution in [0.3, 0.4) is 0 Å². The minimum absolute atomic E-state index is 0.239. The second kappa shape index (κ2) is 8.76. The van der Waals surface area contributed by atoms with Crippen molar-refractivity contribution in [1.29, 1.82) is 0 Å². The molecule has 0 radical (unpaired) electrons. The number of cyclic esters (lactones) is 1. The van der Waals surface area contributed by atoms with Crippen molar-refractivity contribution in [3.05, 3.63) is 104 Å². The summed E-state index contributed by atoms with van der Waals surface area (Å²) in [7, 11) is 0. The number of hydrogen-bond acceptors (Lipinski definition) is 4. The monoisotopic (exact) mass is 511 g/mol. The van der Waals surface area contributed by atoms with Crippen LogP contribution in [0.4, 0.5) is 0 Å². The van der Waals surface area contributed by atoms with Crippen molar-refractivity contribution in [3.8, 4) is 5.75 Å². The van der Waals surface area contributed by atoms with Crippen LogP contribution in [0.2, 0.25) is 0 Å². The highest BCUT2D eigenvalue weighted by atomic mass is 79.9. The molecule has 0 bridgehead atoms. The lowest BCUT2D eigenvalue weighted by Crippen LogP contribution is -2.05. The third kappa shape index (κ3) is 4.83. The molecule has 0 aliphatic carbocycles. The van der Waals surface area contributed by atoms with Crippen molar-refractivity contribution >= 4 is 49.8 Å². The zero-order valence-electron chi connectivity index (χ0n) is 15.1. The fourth-order valence-electron chi connectivity index (χ4n) is 2.75. The number of ether oxygens (including phenoxy) is 2. The molecule has 0 unspecified atom stereocenters. The molecular formula is C23H15Br2NO3. The molecule has 1 aliphatic heterocycles. The Morgan fingerprint density at radius 2 is 1.55 bits per heavy atom. The van der Waals surface area contributed by atoms with E-state index in [1.807, 2.05) is 72.8 Å². The molecule has 4 rings (SSSR count). The van der Waals surface area contributed by atoms with Crippen LogP contribution in [0, 0.1) is 0 Å². The lowest BCUT2D eigenvalue weighted by atomic mass is 10.1. The van der Waals surface area contributed by atoms with Gasteiger partial charge < -0.3 is 9.47 Å². The SMILES string of the molecule is O=C1OC(c2ccc(Br)cc2)=N/C1=C\c1ccccc1OCc1ccc(Br)cc1. The average molecular weight is 513 g/mol. The number of aliphatic imine (C=N–C) groups is 1. The summed E-state index contributed by atoms with van der Waals surface area (Å²) in [5, 5.41) is 0. The number of hydrogen-bond donors (Lipinski definition) is 0. The summed E-state index contributed by atoms with van der Waals surface area (Å²) in [6.07, 6.45) is 1.69. The molecule has 3 aromatic rings. The summed E-state index contributed by atoms with van der Waals surface area (Å²) in [5.74, 6) is 0.482. The summed E-state index contributed by atoms with van der Waals surface area (Å²) >= 11 is 6.82. The fourth-order valence-corrected chi connectivity index (χ4v) is 3.27. The van der Waals surface area contributed by atoms with E-state index in [9.17, 15) is 4.79 Å². The number of benzene rings is 3. The Hall–Kier alpha value is -2.70. The van der Waals surface area contributed by atoms with Crippen molar-refractivity contribution < 1.29 is 14.3 Å². The third-order valence-corrected chi connectivity index (χ3v) is 5.29. The highest BCUT2D eigenvalue weighted by Crippen LogP contribution is 2.26. The number of carbonyl (C=O) groups is 1. The Morgan fingerprint density at radius 1 is 0.897 bits per heavy atom. The molecule has 4 nitrogen and oxygen atoms in total. The van der Waals surface area contributed by atoms with Gasteiger partial charge in [0.1, 0.15) is 12.4 Å². The van der Waals surface area contributed by atoms with E-state index in [0.29, 0.717) is 18.3 Å². The number of carbonyl (C=O) groups excluding carboxylic acids is 1. The van der Waals surface area contributed by atoms with Gasteiger partial charge >= 0.3 is 5.97 Å². The van der Waals surface area contributed by atoms with Gasteiger partial charge in [0.15, 0.2) is 5.70 Å².